The van der Waals surface area contributed by atoms with Crippen LogP contribution in [0.15, 0.2) is 0 Å². The van der Waals surface area contributed by atoms with Crippen molar-refractivity contribution >= 4 is 12.4 Å². The summed E-state index contributed by atoms with van der Waals surface area (Å²) < 4.78 is 0. The number of hydrogen-bond acceptors (Lipinski definition) is 2. The van der Waals surface area contributed by atoms with Gasteiger partial charge in [0.2, 0.25) is 0 Å². The Morgan fingerprint density at radius 3 is 2.43 bits per heavy atom. The molecule has 82 valence electrons. The normalized spacial score (nSPS) is 19.4. The van der Waals surface area contributed by atoms with E-state index in [0.29, 0.717) is 0 Å². The molecule has 2 nitrogen and oxygen atoms in total. The van der Waals surface area contributed by atoms with Crippen molar-refractivity contribution in [3.05, 3.63) is 0 Å². The minimum atomic E-state index is 0. The molecule has 0 aromatic heterocycles. The summed E-state index contributed by atoms with van der Waals surface area (Å²) in [5.41, 5.74) is 0.0143. The third-order valence-corrected chi connectivity index (χ3v) is 3.06. The van der Waals surface area contributed by atoms with Crippen LogP contribution in [-0.4, -0.2) is 13.1 Å². The molecule has 0 aliphatic carbocycles. The fourth-order valence-electron chi connectivity index (χ4n) is 2.04. The predicted octanol–water partition coefficient (Wildman–Crippen LogP) is 2.88. The lowest BCUT2D eigenvalue weighted by atomic mass is 9.76. The standard InChI is InChI=1S/C11H20N2.ClH/c1-2-3-4-5-11(10-12)6-8-13-9-7-11;/h13H,2-9H2,1H3;1H. The lowest BCUT2D eigenvalue weighted by Crippen LogP contribution is -2.35. The highest BCUT2D eigenvalue weighted by atomic mass is 35.5. The maximum atomic E-state index is 9.16. The van der Waals surface area contributed by atoms with Crippen LogP contribution in [0.3, 0.4) is 0 Å². The van der Waals surface area contributed by atoms with Gasteiger partial charge < -0.3 is 5.32 Å². The molecule has 14 heavy (non-hydrogen) atoms. The van der Waals surface area contributed by atoms with E-state index in [1.165, 1.54) is 19.3 Å². The van der Waals surface area contributed by atoms with E-state index >= 15 is 0 Å². The van der Waals surface area contributed by atoms with Gasteiger partial charge >= 0.3 is 0 Å². The fraction of sp³-hybridized carbons (Fsp3) is 0.909. The van der Waals surface area contributed by atoms with E-state index in [1.54, 1.807) is 0 Å². The van der Waals surface area contributed by atoms with Crippen molar-refractivity contribution in [3.8, 4) is 6.07 Å². The first-order chi connectivity index (χ1) is 6.33. The van der Waals surface area contributed by atoms with Gasteiger partial charge in [-0.05, 0) is 32.4 Å². The fourth-order valence-corrected chi connectivity index (χ4v) is 2.04. The van der Waals surface area contributed by atoms with Crippen LogP contribution in [0.2, 0.25) is 0 Å². The number of piperidine rings is 1. The third-order valence-electron chi connectivity index (χ3n) is 3.06. The van der Waals surface area contributed by atoms with Crippen molar-refractivity contribution in [1.82, 2.24) is 5.32 Å². The second-order valence-corrected chi connectivity index (χ2v) is 4.10. The van der Waals surface area contributed by atoms with Gasteiger partial charge in [0.15, 0.2) is 0 Å². The van der Waals surface area contributed by atoms with E-state index < -0.39 is 0 Å². The summed E-state index contributed by atoms with van der Waals surface area (Å²) in [6.07, 6.45) is 6.96. The second-order valence-electron chi connectivity index (χ2n) is 4.10. The quantitative estimate of drug-likeness (QED) is 0.734. The molecule has 0 amide bonds. The lowest BCUT2D eigenvalue weighted by molar-refractivity contribution is 0.255. The van der Waals surface area contributed by atoms with Crippen molar-refractivity contribution in [2.24, 2.45) is 5.41 Å². The van der Waals surface area contributed by atoms with Gasteiger partial charge in [-0.25, -0.2) is 0 Å². The Balaban J connectivity index is 0.00000169. The van der Waals surface area contributed by atoms with Gasteiger partial charge in [-0.1, -0.05) is 26.2 Å². The average Bonchev–Trinajstić information content (AvgIpc) is 2.20. The van der Waals surface area contributed by atoms with E-state index in [-0.39, 0.29) is 17.8 Å². The summed E-state index contributed by atoms with van der Waals surface area (Å²) in [6, 6.07) is 2.54. The van der Waals surface area contributed by atoms with E-state index in [9.17, 15) is 0 Å². The topological polar surface area (TPSA) is 35.8 Å². The molecule has 3 heteroatoms. The monoisotopic (exact) mass is 216 g/mol. The molecule has 0 atom stereocenters. The van der Waals surface area contributed by atoms with Crippen LogP contribution in [-0.2, 0) is 0 Å². The second kappa shape index (κ2) is 7.09. The van der Waals surface area contributed by atoms with Crippen LogP contribution >= 0.6 is 12.4 Å². The molecule has 1 heterocycles. The van der Waals surface area contributed by atoms with Crippen LogP contribution < -0.4 is 5.32 Å². The van der Waals surface area contributed by atoms with Crippen molar-refractivity contribution in [1.29, 1.82) is 5.26 Å². The smallest absolute Gasteiger partial charge is 0.0690 e. The summed E-state index contributed by atoms with van der Waals surface area (Å²) in [6.45, 7) is 4.26. The number of halogens is 1. The Kier molecular flexibility index (Phi) is 6.96. The Morgan fingerprint density at radius 2 is 1.93 bits per heavy atom. The lowest BCUT2D eigenvalue weighted by Gasteiger charge is -2.31. The molecule has 0 spiro atoms. The molecule has 1 saturated heterocycles. The molecule has 0 saturated carbocycles. The molecule has 1 aliphatic heterocycles. The number of rotatable bonds is 4. The average molecular weight is 217 g/mol. The maximum Gasteiger partial charge on any atom is 0.0690 e. The first kappa shape index (κ1) is 13.7. The Hall–Kier alpha value is -0.260. The van der Waals surface area contributed by atoms with Crippen LogP contribution in [0.1, 0.15) is 45.4 Å². The Bertz CT molecular complexity index is 180. The number of nitrogens with zero attached hydrogens (tertiary/aromatic N) is 1. The molecule has 0 unspecified atom stereocenters. The minimum absolute atomic E-state index is 0. The highest BCUT2D eigenvalue weighted by Crippen LogP contribution is 2.33. The van der Waals surface area contributed by atoms with Crippen LogP contribution in [0.4, 0.5) is 0 Å². The SMILES string of the molecule is CCCCCC1(C#N)CCNCC1.Cl. The number of unbranched alkanes of at least 4 members (excludes halogenated alkanes) is 2. The van der Waals surface area contributed by atoms with E-state index in [4.69, 9.17) is 5.26 Å². The van der Waals surface area contributed by atoms with E-state index in [1.807, 2.05) is 0 Å². The molecular formula is C11H21ClN2. The zero-order valence-electron chi connectivity index (χ0n) is 9.01. The molecule has 0 radical (unpaired) electrons. The van der Waals surface area contributed by atoms with Crippen molar-refractivity contribution < 1.29 is 0 Å². The van der Waals surface area contributed by atoms with Gasteiger partial charge in [0, 0.05) is 0 Å². The van der Waals surface area contributed by atoms with Gasteiger partial charge in [0.25, 0.3) is 0 Å². The highest BCUT2D eigenvalue weighted by molar-refractivity contribution is 5.85. The Labute approximate surface area is 93.5 Å². The molecule has 0 aromatic carbocycles. The van der Waals surface area contributed by atoms with Crippen LogP contribution in [0.25, 0.3) is 0 Å². The van der Waals surface area contributed by atoms with Gasteiger partial charge in [-0.2, -0.15) is 5.26 Å². The van der Waals surface area contributed by atoms with Crippen LogP contribution in [0, 0.1) is 16.7 Å². The van der Waals surface area contributed by atoms with Gasteiger partial charge in [0.1, 0.15) is 0 Å². The molecule has 0 bridgehead atoms. The minimum Gasteiger partial charge on any atom is -0.317 e. The summed E-state index contributed by atoms with van der Waals surface area (Å²) in [5, 5.41) is 12.5. The summed E-state index contributed by atoms with van der Waals surface area (Å²) >= 11 is 0. The predicted molar refractivity (Wildman–Crippen MR) is 61.5 cm³/mol. The van der Waals surface area contributed by atoms with Gasteiger partial charge in [-0.3, -0.25) is 0 Å². The Morgan fingerprint density at radius 1 is 1.29 bits per heavy atom. The first-order valence-corrected chi connectivity index (χ1v) is 5.45. The largest absolute Gasteiger partial charge is 0.317 e. The zero-order chi connectivity index (χ0) is 9.57. The number of nitriles is 1. The molecule has 1 fully saturated rings. The summed E-state index contributed by atoms with van der Waals surface area (Å²) in [4.78, 5) is 0. The van der Waals surface area contributed by atoms with Crippen molar-refractivity contribution in [2.75, 3.05) is 13.1 Å². The first-order valence-electron chi connectivity index (χ1n) is 5.45. The van der Waals surface area contributed by atoms with Gasteiger partial charge in [-0.15, -0.1) is 12.4 Å². The molecule has 1 rings (SSSR count). The van der Waals surface area contributed by atoms with Crippen LogP contribution in [0.5, 0.6) is 0 Å². The summed E-state index contributed by atoms with van der Waals surface area (Å²) in [7, 11) is 0. The van der Waals surface area contributed by atoms with E-state index in [2.05, 4.69) is 18.3 Å². The number of hydrogen-bond donors (Lipinski definition) is 1. The highest BCUT2D eigenvalue weighted by Gasteiger charge is 2.30. The van der Waals surface area contributed by atoms with E-state index in [0.717, 1.165) is 32.4 Å². The maximum absolute atomic E-state index is 9.16. The van der Waals surface area contributed by atoms with Crippen molar-refractivity contribution in [2.45, 2.75) is 45.4 Å². The number of nitrogens with one attached hydrogen (secondary N) is 1. The van der Waals surface area contributed by atoms with Gasteiger partial charge in [0.05, 0.1) is 11.5 Å². The molecule has 1 aliphatic rings. The third kappa shape index (κ3) is 3.86. The van der Waals surface area contributed by atoms with Crippen molar-refractivity contribution in [3.63, 3.8) is 0 Å². The zero-order valence-corrected chi connectivity index (χ0v) is 9.83. The molecule has 0 aromatic rings. The summed E-state index contributed by atoms with van der Waals surface area (Å²) in [5.74, 6) is 0. The molecule has 1 N–H and O–H groups in total. The molecular weight excluding hydrogens is 196 g/mol.